The summed E-state index contributed by atoms with van der Waals surface area (Å²) in [7, 11) is 4.04. The van der Waals surface area contributed by atoms with Crippen molar-refractivity contribution in [1.82, 2.24) is 9.88 Å². The van der Waals surface area contributed by atoms with Crippen LogP contribution in [0.2, 0.25) is 0 Å². The monoisotopic (exact) mass is 476 g/mol. The SMILES string of the molecule is CN(C)CCCN(C(=O)c1ccc2c(c1)OCCO2)c1nc2cc3c(cc2s1)OCO3.[Cl-]. The molecule has 0 N–H and O–H groups in total. The van der Waals surface area contributed by atoms with Gasteiger partial charge in [0.2, 0.25) is 6.79 Å². The number of thiazole rings is 1. The summed E-state index contributed by atoms with van der Waals surface area (Å²) in [5.41, 5.74) is 1.33. The summed E-state index contributed by atoms with van der Waals surface area (Å²) in [6, 6.07) is 9.10. The van der Waals surface area contributed by atoms with Gasteiger partial charge >= 0.3 is 0 Å². The molecule has 0 fully saturated rings. The molecule has 8 nitrogen and oxygen atoms in total. The summed E-state index contributed by atoms with van der Waals surface area (Å²) in [5.74, 6) is 2.54. The van der Waals surface area contributed by atoms with Crippen LogP contribution in [0.15, 0.2) is 30.3 Å². The van der Waals surface area contributed by atoms with Gasteiger partial charge in [-0.3, -0.25) is 9.69 Å². The molecule has 3 heterocycles. The van der Waals surface area contributed by atoms with Crippen molar-refractivity contribution in [3.8, 4) is 23.0 Å². The Kier molecular flexibility index (Phi) is 6.59. The zero-order valence-electron chi connectivity index (χ0n) is 17.8. The second-order valence-corrected chi connectivity index (χ2v) is 8.65. The van der Waals surface area contributed by atoms with E-state index in [4.69, 9.17) is 23.9 Å². The maximum Gasteiger partial charge on any atom is 0.260 e. The molecule has 1 aromatic heterocycles. The van der Waals surface area contributed by atoms with Crippen LogP contribution >= 0.6 is 11.3 Å². The van der Waals surface area contributed by atoms with E-state index in [-0.39, 0.29) is 25.1 Å². The Morgan fingerprint density at radius 3 is 2.47 bits per heavy atom. The average Bonchev–Trinajstić information content (AvgIpc) is 3.39. The van der Waals surface area contributed by atoms with Crippen LogP contribution in [0.25, 0.3) is 10.2 Å². The molecule has 3 aromatic rings. The first-order valence-electron chi connectivity index (χ1n) is 10.1. The van der Waals surface area contributed by atoms with Crippen LogP contribution in [0.3, 0.4) is 0 Å². The van der Waals surface area contributed by atoms with Crippen LogP contribution in [-0.2, 0) is 0 Å². The third kappa shape index (κ3) is 4.41. The number of hydrogen-bond acceptors (Lipinski definition) is 8. The zero-order chi connectivity index (χ0) is 21.4. The van der Waals surface area contributed by atoms with Gasteiger partial charge in [-0.25, -0.2) is 4.98 Å². The molecule has 10 heteroatoms. The van der Waals surface area contributed by atoms with Crippen molar-refractivity contribution < 1.29 is 36.1 Å². The first-order chi connectivity index (χ1) is 15.1. The fourth-order valence-corrected chi connectivity index (χ4v) is 4.58. The topological polar surface area (TPSA) is 73.4 Å². The summed E-state index contributed by atoms with van der Waals surface area (Å²) in [5, 5.41) is 0.650. The van der Waals surface area contributed by atoms with Crippen LogP contribution < -0.4 is 36.3 Å². The maximum absolute atomic E-state index is 13.5. The number of carbonyl (C=O) groups excluding carboxylic acids is 1. The van der Waals surface area contributed by atoms with E-state index in [1.807, 2.05) is 26.2 Å². The minimum Gasteiger partial charge on any atom is -1.00 e. The molecule has 0 bridgehead atoms. The van der Waals surface area contributed by atoms with E-state index in [9.17, 15) is 4.79 Å². The van der Waals surface area contributed by atoms with Gasteiger partial charge in [-0.05, 0) is 45.3 Å². The fourth-order valence-electron chi connectivity index (χ4n) is 3.58. The largest absolute Gasteiger partial charge is 1.00 e. The molecule has 170 valence electrons. The Labute approximate surface area is 196 Å². The highest BCUT2D eigenvalue weighted by molar-refractivity contribution is 7.22. The standard InChI is InChI=1S/C22H23N3O5S.ClH/c1-24(2)6-3-7-25(21(26)14-4-5-16-17(10-14)28-9-8-27-16)22-23-15-11-18-19(30-13-29-18)12-20(15)31-22;/h4-5,10-12H,3,6-9,13H2,1-2H3;1H/p-1. The van der Waals surface area contributed by atoms with Crippen molar-refractivity contribution in [3.05, 3.63) is 35.9 Å². The number of nitrogens with zero attached hydrogens (tertiary/aromatic N) is 3. The molecule has 2 aliphatic heterocycles. The van der Waals surface area contributed by atoms with Gasteiger partial charge in [-0.15, -0.1) is 0 Å². The predicted octanol–water partition coefficient (Wildman–Crippen LogP) is 0.399. The highest BCUT2D eigenvalue weighted by atomic mass is 35.5. The first-order valence-corrected chi connectivity index (χ1v) is 11.0. The number of halogens is 1. The van der Waals surface area contributed by atoms with Crippen LogP contribution in [0, 0.1) is 0 Å². The molecule has 32 heavy (non-hydrogen) atoms. The normalized spacial score (nSPS) is 13.8. The lowest BCUT2D eigenvalue weighted by molar-refractivity contribution is -0.0000160. The van der Waals surface area contributed by atoms with Crippen LogP contribution in [0.5, 0.6) is 23.0 Å². The van der Waals surface area contributed by atoms with E-state index in [2.05, 4.69) is 4.90 Å². The quantitative estimate of drug-likeness (QED) is 0.510. The summed E-state index contributed by atoms with van der Waals surface area (Å²) in [4.78, 5) is 22.1. The Balaban J connectivity index is 0.00000245. The van der Waals surface area contributed by atoms with Gasteiger partial charge < -0.3 is 36.3 Å². The molecule has 0 aliphatic carbocycles. The van der Waals surface area contributed by atoms with Crippen molar-refractivity contribution in [2.24, 2.45) is 0 Å². The minimum absolute atomic E-state index is 0. The Morgan fingerprint density at radius 2 is 1.69 bits per heavy atom. The molecule has 0 atom stereocenters. The Morgan fingerprint density at radius 1 is 0.969 bits per heavy atom. The van der Waals surface area contributed by atoms with Crippen LogP contribution in [0.1, 0.15) is 16.8 Å². The molecule has 2 aliphatic rings. The number of anilines is 1. The molecule has 1 amide bonds. The molecule has 0 saturated carbocycles. The lowest BCUT2D eigenvalue weighted by Crippen LogP contribution is -3.00. The first kappa shape index (κ1) is 22.4. The fraction of sp³-hybridized carbons (Fsp3) is 0.364. The summed E-state index contributed by atoms with van der Waals surface area (Å²) in [6.45, 7) is 2.63. The van der Waals surface area contributed by atoms with E-state index >= 15 is 0 Å². The van der Waals surface area contributed by atoms with Crippen molar-refractivity contribution in [2.45, 2.75) is 6.42 Å². The van der Waals surface area contributed by atoms with Gasteiger partial charge in [-0.1, -0.05) is 11.3 Å². The lowest BCUT2D eigenvalue weighted by Gasteiger charge is -2.23. The second kappa shape index (κ2) is 9.40. The second-order valence-electron chi connectivity index (χ2n) is 7.64. The van der Waals surface area contributed by atoms with E-state index in [0.717, 1.165) is 23.2 Å². The van der Waals surface area contributed by atoms with Crippen LogP contribution in [-0.4, -0.2) is 63.0 Å². The van der Waals surface area contributed by atoms with Gasteiger partial charge in [0.15, 0.2) is 28.1 Å². The number of fused-ring (bicyclic) bond motifs is 3. The number of carbonyl (C=O) groups is 1. The number of benzene rings is 2. The van der Waals surface area contributed by atoms with Crippen LogP contribution in [0.4, 0.5) is 5.13 Å². The van der Waals surface area contributed by atoms with Gasteiger partial charge in [0.1, 0.15) is 13.2 Å². The van der Waals surface area contributed by atoms with Crippen molar-refractivity contribution in [3.63, 3.8) is 0 Å². The Bertz CT molecular complexity index is 1100. The van der Waals surface area contributed by atoms with E-state index in [1.54, 1.807) is 23.1 Å². The smallest absolute Gasteiger partial charge is 0.260 e. The average molecular weight is 477 g/mol. The van der Waals surface area contributed by atoms with Gasteiger partial charge in [0.25, 0.3) is 5.91 Å². The van der Waals surface area contributed by atoms with E-state index < -0.39 is 0 Å². The number of rotatable bonds is 6. The number of ether oxygens (including phenoxy) is 4. The molecule has 0 unspecified atom stereocenters. The number of amides is 1. The third-order valence-corrected chi connectivity index (χ3v) is 6.16. The molecule has 5 rings (SSSR count). The lowest BCUT2D eigenvalue weighted by atomic mass is 10.1. The van der Waals surface area contributed by atoms with Crippen molar-refractivity contribution in [2.75, 3.05) is 52.1 Å². The minimum atomic E-state index is -0.116. The molecule has 0 saturated heterocycles. The predicted molar refractivity (Wildman–Crippen MR) is 118 cm³/mol. The van der Waals surface area contributed by atoms with Gasteiger partial charge in [0.05, 0.1) is 10.2 Å². The summed E-state index contributed by atoms with van der Waals surface area (Å²) >= 11 is 1.47. The third-order valence-electron chi connectivity index (χ3n) is 5.12. The molecule has 2 aromatic carbocycles. The molecular formula is C22H23ClN3O5S-. The number of aromatic nitrogens is 1. The highest BCUT2D eigenvalue weighted by Crippen LogP contribution is 2.40. The highest BCUT2D eigenvalue weighted by Gasteiger charge is 2.24. The van der Waals surface area contributed by atoms with Crippen molar-refractivity contribution >= 4 is 32.6 Å². The summed E-state index contributed by atoms with van der Waals surface area (Å²) < 4.78 is 23.1. The van der Waals surface area contributed by atoms with Gasteiger partial charge in [0, 0.05) is 24.2 Å². The molecule has 0 spiro atoms. The van der Waals surface area contributed by atoms with Gasteiger partial charge in [-0.2, -0.15) is 0 Å². The zero-order valence-corrected chi connectivity index (χ0v) is 19.4. The molecule has 0 radical (unpaired) electrons. The van der Waals surface area contributed by atoms with Crippen molar-refractivity contribution in [1.29, 1.82) is 0 Å². The maximum atomic E-state index is 13.5. The van der Waals surface area contributed by atoms with E-state index in [1.165, 1.54) is 11.3 Å². The number of hydrogen-bond donors (Lipinski definition) is 0. The summed E-state index contributed by atoms with van der Waals surface area (Å²) in [6.07, 6.45) is 0.821. The van der Waals surface area contributed by atoms with E-state index in [0.29, 0.717) is 53.5 Å². The Hall–Kier alpha value is -2.75. The molecular weight excluding hydrogens is 454 g/mol.